The van der Waals surface area contributed by atoms with E-state index in [0.717, 1.165) is 16.8 Å². The maximum atomic E-state index is 11.2. The summed E-state index contributed by atoms with van der Waals surface area (Å²) in [7, 11) is 0. The summed E-state index contributed by atoms with van der Waals surface area (Å²) in [4.78, 5) is 11.2. The average Bonchev–Trinajstić information content (AvgIpc) is 3.13. The Kier molecular flexibility index (Phi) is 3.83. The first kappa shape index (κ1) is 13.9. The van der Waals surface area contributed by atoms with Crippen LogP contribution in [-0.4, -0.2) is 11.0 Å². The SMILES string of the molecule is CC(=O)Nc1cc(C(C)C)c(O)c(C(C)C2CC2)c1. The van der Waals surface area contributed by atoms with Gasteiger partial charge in [-0.3, -0.25) is 4.79 Å². The lowest BCUT2D eigenvalue weighted by molar-refractivity contribution is -0.114. The van der Waals surface area contributed by atoms with Gasteiger partial charge >= 0.3 is 0 Å². The van der Waals surface area contributed by atoms with E-state index in [9.17, 15) is 9.90 Å². The number of amides is 1. The molecule has 1 amide bonds. The number of phenolic OH excluding ortho intramolecular Hbond substituents is 1. The number of benzene rings is 1. The van der Waals surface area contributed by atoms with Crippen LogP contribution in [0.15, 0.2) is 12.1 Å². The molecule has 1 aliphatic rings. The molecule has 0 aromatic heterocycles. The molecule has 1 atom stereocenters. The highest BCUT2D eigenvalue weighted by Gasteiger charge is 2.31. The monoisotopic (exact) mass is 261 g/mol. The minimum absolute atomic E-state index is 0.0783. The van der Waals surface area contributed by atoms with Crippen molar-refractivity contribution in [3.05, 3.63) is 23.3 Å². The fourth-order valence-electron chi connectivity index (χ4n) is 2.59. The lowest BCUT2D eigenvalue weighted by atomic mass is 9.90. The van der Waals surface area contributed by atoms with Gasteiger partial charge in [-0.1, -0.05) is 20.8 Å². The molecule has 0 spiro atoms. The smallest absolute Gasteiger partial charge is 0.221 e. The minimum atomic E-state index is -0.0783. The highest BCUT2D eigenvalue weighted by molar-refractivity contribution is 5.89. The van der Waals surface area contributed by atoms with Crippen LogP contribution in [0.5, 0.6) is 5.75 Å². The molecule has 1 unspecified atom stereocenters. The zero-order chi connectivity index (χ0) is 14.2. The lowest BCUT2D eigenvalue weighted by Crippen LogP contribution is -2.08. The highest BCUT2D eigenvalue weighted by atomic mass is 16.3. The second-order valence-corrected chi connectivity index (χ2v) is 5.97. The maximum Gasteiger partial charge on any atom is 0.221 e. The van der Waals surface area contributed by atoms with Crippen LogP contribution in [0.2, 0.25) is 0 Å². The molecular weight excluding hydrogens is 238 g/mol. The summed E-state index contributed by atoms with van der Waals surface area (Å²) in [5, 5.41) is 13.3. The zero-order valence-electron chi connectivity index (χ0n) is 12.2. The molecule has 1 aromatic carbocycles. The molecule has 2 rings (SSSR count). The Morgan fingerprint density at radius 3 is 2.32 bits per heavy atom. The third-order valence-corrected chi connectivity index (χ3v) is 3.93. The molecule has 0 bridgehead atoms. The summed E-state index contributed by atoms with van der Waals surface area (Å²) in [6.45, 7) is 7.77. The summed E-state index contributed by atoms with van der Waals surface area (Å²) < 4.78 is 0. The molecule has 1 aliphatic carbocycles. The average molecular weight is 261 g/mol. The molecule has 3 nitrogen and oxygen atoms in total. The summed E-state index contributed by atoms with van der Waals surface area (Å²) >= 11 is 0. The Hall–Kier alpha value is -1.51. The van der Waals surface area contributed by atoms with Crippen LogP contribution < -0.4 is 5.32 Å². The van der Waals surface area contributed by atoms with Gasteiger partial charge in [-0.05, 0) is 53.9 Å². The van der Waals surface area contributed by atoms with Crippen molar-refractivity contribution in [2.24, 2.45) is 5.92 Å². The first-order valence-electron chi connectivity index (χ1n) is 7.04. The largest absolute Gasteiger partial charge is 0.507 e. The van der Waals surface area contributed by atoms with E-state index in [1.54, 1.807) is 0 Å². The van der Waals surface area contributed by atoms with Gasteiger partial charge in [0.1, 0.15) is 5.75 Å². The number of aromatic hydroxyl groups is 1. The molecular formula is C16H23NO2. The van der Waals surface area contributed by atoms with E-state index < -0.39 is 0 Å². The number of nitrogens with one attached hydrogen (secondary N) is 1. The molecule has 1 aromatic rings. The topological polar surface area (TPSA) is 49.3 Å². The lowest BCUT2D eigenvalue weighted by Gasteiger charge is -2.19. The number of carbonyl (C=O) groups is 1. The predicted molar refractivity (Wildman–Crippen MR) is 77.6 cm³/mol. The number of carbonyl (C=O) groups excluding carboxylic acids is 1. The normalized spacial score (nSPS) is 16.5. The molecule has 0 saturated heterocycles. The highest BCUT2D eigenvalue weighted by Crippen LogP contribution is 2.47. The van der Waals surface area contributed by atoms with Crippen LogP contribution >= 0.6 is 0 Å². The number of phenols is 1. The van der Waals surface area contributed by atoms with Gasteiger partial charge in [0.25, 0.3) is 0 Å². The van der Waals surface area contributed by atoms with E-state index in [-0.39, 0.29) is 11.8 Å². The summed E-state index contributed by atoms with van der Waals surface area (Å²) in [6, 6.07) is 3.80. The summed E-state index contributed by atoms with van der Waals surface area (Å²) in [5.74, 6) is 1.59. The van der Waals surface area contributed by atoms with Crippen molar-refractivity contribution >= 4 is 11.6 Å². The molecule has 3 heteroatoms. The van der Waals surface area contributed by atoms with Gasteiger partial charge < -0.3 is 10.4 Å². The summed E-state index contributed by atoms with van der Waals surface area (Å²) in [5.41, 5.74) is 2.67. The zero-order valence-corrected chi connectivity index (χ0v) is 12.2. The summed E-state index contributed by atoms with van der Waals surface area (Å²) in [6.07, 6.45) is 2.48. The van der Waals surface area contributed by atoms with E-state index in [1.807, 2.05) is 12.1 Å². The first-order chi connectivity index (χ1) is 8.90. The quantitative estimate of drug-likeness (QED) is 0.805. The second kappa shape index (κ2) is 5.24. The number of rotatable bonds is 4. The molecule has 1 fully saturated rings. The van der Waals surface area contributed by atoms with Crippen molar-refractivity contribution < 1.29 is 9.90 Å². The molecule has 19 heavy (non-hydrogen) atoms. The number of anilines is 1. The van der Waals surface area contributed by atoms with Crippen LogP contribution in [0.3, 0.4) is 0 Å². The van der Waals surface area contributed by atoms with Gasteiger partial charge in [0.15, 0.2) is 0 Å². The van der Waals surface area contributed by atoms with Gasteiger partial charge in [0.05, 0.1) is 0 Å². The van der Waals surface area contributed by atoms with E-state index in [0.29, 0.717) is 17.6 Å². The Bertz CT molecular complexity index is 490. The van der Waals surface area contributed by atoms with Crippen LogP contribution in [0.4, 0.5) is 5.69 Å². The predicted octanol–water partition coefficient (Wildman–Crippen LogP) is 3.99. The van der Waals surface area contributed by atoms with Crippen LogP contribution in [0.1, 0.15) is 63.5 Å². The Morgan fingerprint density at radius 2 is 1.84 bits per heavy atom. The molecule has 0 radical (unpaired) electrons. The van der Waals surface area contributed by atoms with Crippen molar-refractivity contribution in [1.82, 2.24) is 0 Å². The van der Waals surface area contributed by atoms with Crippen LogP contribution in [0.25, 0.3) is 0 Å². The third kappa shape index (κ3) is 3.09. The Balaban J connectivity index is 2.44. The second-order valence-electron chi connectivity index (χ2n) is 5.97. The number of hydrogen-bond donors (Lipinski definition) is 2. The van der Waals surface area contributed by atoms with E-state index in [4.69, 9.17) is 0 Å². The van der Waals surface area contributed by atoms with Crippen LogP contribution in [0, 0.1) is 5.92 Å². The van der Waals surface area contributed by atoms with Gasteiger partial charge in [-0.25, -0.2) is 0 Å². The fraction of sp³-hybridized carbons (Fsp3) is 0.562. The van der Waals surface area contributed by atoms with Crippen molar-refractivity contribution in [3.63, 3.8) is 0 Å². The standard InChI is InChI=1S/C16H23NO2/c1-9(2)14-7-13(17-11(4)18)8-15(16(14)19)10(3)12-5-6-12/h7-10,12,19H,5-6H2,1-4H3,(H,17,18). The number of hydrogen-bond acceptors (Lipinski definition) is 2. The van der Waals surface area contributed by atoms with Crippen molar-refractivity contribution in [1.29, 1.82) is 0 Å². The maximum absolute atomic E-state index is 11.2. The molecule has 0 aliphatic heterocycles. The van der Waals surface area contributed by atoms with E-state index >= 15 is 0 Å². The molecule has 104 valence electrons. The Labute approximate surface area is 115 Å². The minimum Gasteiger partial charge on any atom is -0.507 e. The van der Waals surface area contributed by atoms with Crippen molar-refractivity contribution in [2.75, 3.05) is 5.32 Å². The van der Waals surface area contributed by atoms with Crippen molar-refractivity contribution in [2.45, 2.75) is 52.4 Å². The first-order valence-corrected chi connectivity index (χ1v) is 7.04. The van der Waals surface area contributed by atoms with E-state index in [2.05, 4.69) is 26.1 Å². The van der Waals surface area contributed by atoms with Gasteiger partial charge in [0.2, 0.25) is 5.91 Å². The third-order valence-electron chi connectivity index (χ3n) is 3.93. The van der Waals surface area contributed by atoms with Gasteiger partial charge in [-0.2, -0.15) is 0 Å². The van der Waals surface area contributed by atoms with Crippen molar-refractivity contribution in [3.8, 4) is 5.75 Å². The molecule has 0 heterocycles. The van der Waals surface area contributed by atoms with Gasteiger partial charge in [-0.15, -0.1) is 0 Å². The van der Waals surface area contributed by atoms with E-state index in [1.165, 1.54) is 19.8 Å². The van der Waals surface area contributed by atoms with Gasteiger partial charge in [0, 0.05) is 12.6 Å². The fourth-order valence-corrected chi connectivity index (χ4v) is 2.59. The Morgan fingerprint density at radius 1 is 1.26 bits per heavy atom. The molecule has 1 saturated carbocycles. The van der Waals surface area contributed by atoms with Crippen LogP contribution in [-0.2, 0) is 4.79 Å². The molecule has 2 N–H and O–H groups in total.